The van der Waals surface area contributed by atoms with Gasteiger partial charge >= 0.3 is 5.97 Å². The first kappa shape index (κ1) is 20.7. The molecule has 1 heterocycles. The molecule has 1 N–H and O–H groups in total. The molecular weight excluding hydrogens is 396 g/mol. The molecule has 0 radical (unpaired) electrons. The van der Waals surface area contributed by atoms with E-state index < -0.39 is 28.0 Å². The van der Waals surface area contributed by atoms with Gasteiger partial charge in [0.2, 0.25) is 10.0 Å². The zero-order valence-electron chi connectivity index (χ0n) is 16.3. The Bertz CT molecular complexity index is 1050. The molecule has 0 aromatic heterocycles. The van der Waals surface area contributed by atoms with E-state index in [0.717, 1.165) is 11.8 Å². The molecule has 9 heteroatoms. The van der Waals surface area contributed by atoms with Gasteiger partial charge in [0.05, 0.1) is 30.3 Å². The molecular formula is C20H22N2O6S. The van der Waals surface area contributed by atoms with Crippen molar-refractivity contribution < 1.29 is 27.5 Å². The van der Waals surface area contributed by atoms with E-state index in [9.17, 15) is 18.0 Å². The van der Waals surface area contributed by atoms with E-state index in [0.29, 0.717) is 17.1 Å². The number of rotatable bonds is 4. The van der Waals surface area contributed by atoms with Crippen LogP contribution in [0.1, 0.15) is 22.3 Å². The van der Waals surface area contributed by atoms with Gasteiger partial charge in [0.15, 0.2) is 6.10 Å². The first-order chi connectivity index (χ1) is 13.7. The molecule has 0 saturated carbocycles. The smallest absolute Gasteiger partial charge is 0.339 e. The number of benzene rings is 2. The first-order valence-electron chi connectivity index (χ1n) is 8.94. The van der Waals surface area contributed by atoms with Gasteiger partial charge in [-0.15, -0.1) is 0 Å². The van der Waals surface area contributed by atoms with Crippen LogP contribution in [0.3, 0.4) is 0 Å². The summed E-state index contributed by atoms with van der Waals surface area (Å²) in [5, 5.41) is 2.69. The molecule has 0 unspecified atom stereocenters. The maximum atomic E-state index is 12.9. The van der Waals surface area contributed by atoms with Gasteiger partial charge in [-0.3, -0.25) is 9.10 Å². The van der Waals surface area contributed by atoms with Crippen molar-refractivity contribution in [2.24, 2.45) is 0 Å². The molecule has 0 bridgehead atoms. The minimum Gasteiger partial charge on any atom is -0.478 e. The van der Waals surface area contributed by atoms with Crippen LogP contribution in [0.4, 0.5) is 11.4 Å². The predicted octanol–water partition coefficient (Wildman–Crippen LogP) is 2.34. The number of nitrogens with zero attached hydrogens (tertiary/aromatic N) is 1. The molecule has 8 nitrogen and oxygen atoms in total. The summed E-state index contributed by atoms with van der Waals surface area (Å²) in [6.45, 7) is 1.94. The molecule has 1 atom stereocenters. The Balaban J connectivity index is 1.89. The standard InChI is InChI=1S/C20H22N2O6S/c1-13-8-9-17-16(12-13)22(29(3,25)26)11-10-18(28-17)19(23)21-15-7-5-4-6-14(15)20(24)27-2/h4-9,12,18H,10-11H2,1-3H3,(H,21,23)/t18-/m1/s1. The SMILES string of the molecule is COC(=O)c1ccccc1NC(=O)[C@H]1CCN(S(C)(=O)=O)c2cc(C)ccc2O1. The van der Waals surface area contributed by atoms with Crippen LogP contribution in [0.15, 0.2) is 42.5 Å². The van der Waals surface area contributed by atoms with Gasteiger partial charge in [-0.05, 0) is 36.8 Å². The van der Waals surface area contributed by atoms with Crippen molar-refractivity contribution in [2.45, 2.75) is 19.4 Å². The van der Waals surface area contributed by atoms with Crippen molar-refractivity contribution in [3.05, 3.63) is 53.6 Å². The van der Waals surface area contributed by atoms with Crippen LogP contribution >= 0.6 is 0 Å². The topological polar surface area (TPSA) is 102 Å². The summed E-state index contributed by atoms with van der Waals surface area (Å²) in [7, 11) is -2.29. The van der Waals surface area contributed by atoms with Crippen molar-refractivity contribution in [3.63, 3.8) is 0 Å². The number of fused-ring (bicyclic) bond motifs is 1. The van der Waals surface area contributed by atoms with Crippen molar-refractivity contribution >= 4 is 33.3 Å². The number of para-hydroxylation sites is 1. The quantitative estimate of drug-likeness (QED) is 0.765. The second-order valence-corrected chi connectivity index (χ2v) is 8.63. The number of esters is 1. The fourth-order valence-corrected chi connectivity index (χ4v) is 4.05. The van der Waals surface area contributed by atoms with Crippen molar-refractivity contribution in [1.29, 1.82) is 0 Å². The monoisotopic (exact) mass is 418 g/mol. The lowest BCUT2D eigenvalue weighted by atomic mass is 10.1. The minimum atomic E-state index is -3.55. The molecule has 0 saturated heterocycles. The molecule has 1 aliphatic heterocycles. The van der Waals surface area contributed by atoms with E-state index in [1.165, 1.54) is 11.4 Å². The van der Waals surface area contributed by atoms with E-state index in [-0.39, 0.29) is 18.5 Å². The largest absolute Gasteiger partial charge is 0.478 e. The van der Waals surface area contributed by atoms with Crippen LogP contribution in [0.25, 0.3) is 0 Å². The van der Waals surface area contributed by atoms with Crippen molar-refractivity contribution in [3.8, 4) is 5.75 Å². The van der Waals surface area contributed by atoms with E-state index in [1.807, 2.05) is 6.92 Å². The highest BCUT2D eigenvalue weighted by atomic mass is 32.2. The normalized spacial score (nSPS) is 16.2. The first-order valence-corrected chi connectivity index (χ1v) is 10.8. The number of carbonyl (C=O) groups is 2. The van der Waals surface area contributed by atoms with Crippen molar-refractivity contribution in [2.75, 3.05) is 29.5 Å². The molecule has 2 aromatic rings. The van der Waals surface area contributed by atoms with E-state index in [2.05, 4.69) is 5.32 Å². The number of ether oxygens (including phenoxy) is 2. The summed E-state index contributed by atoms with van der Waals surface area (Å²) in [5.74, 6) is -0.755. The number of sulfonamides is 1. The summed E-state index contributed by atoms with van der Waals surface area (Å²) < 4.78 is 36.3. The molecule has 1 aliphatic rings. The summed E-state index contributed by atoms with van der Waals surface area (Å²) in [4.78, 5) is 24.8. The number of hydrogen-bond donors (Lipinski definition) is 1. The van der Waals surface area contributed by atoms with Crippen LogP contribution in [-0.4, -0.2) is 46.3 Å². The highest BCUT2D eigenvalue weighted by molar-refractivity contribution is 7.92. The molecule has 1 amide bonds. The Labute approximate surface area is 169 Å². The number of amides is 1. The average molecular weight is 418 g/mol. The van der Waals surface area contributed by atoms with Gasteiger partial charge in [-0.1, -0.05) is 18.2 Å². The van der Waals surface area contributed by atoms with Gasteiger partial charge in [-0.25, -0.2) is 13.2 Å². The number of aryl methyl sites for hydroxylation is 1. The number of anilines is 2. The fraction of sp³-hybridized carbons (Fsp3) is 0.300. The van der Waals surface area contributed by atoms with Gasteiger partial charge in [0, 0.05) is 13.0 Å². The zero-order valence-corrected chi connectivity index (χ0v) is 17.2. The van der Waals surface area contributed by atoms with E-state index in [1.54, 1.807) is 42.5 Å². The number of methoxy groups -OCH3 is 1. The second kappa shape index (κ2) is 8.12. The summed E-state index contributed by atoms with van der Waals surface area (Å²) >= 11 is 0. The Morgan fingerprint density at radius 3 is 2.62 bits per heavy atom. The molecule has 2 aromatic carbocycles. The molecule has 29 heavy (non-hydrogen) atoms. The molecule has 3 rings (SSSR count). The third-order valence-corrected chi connectivity index (χ3v) is 5.71. The van der Waals surface area contributed by atoms with E-state index >= 15 is 0 Å². The number of hydrogen-bond acceptors (Lipinski definition) is 6. The Hall–Kier alpha value is -3.07. The Morgan fingerprint density at radius 1 is 1.21 bits per heavy atom. The molecule has 0 fully saturated rings. The van der Waals surface area contributed by atoms with Gasteiger partial charge in [0.1, 0.15) is 5.75 Å². The van der Waals surface area contributed by atoms with Gasteiger partial charge < -0.3 is 14.8 Å². The lowest BCUT2D eigenvalue weighted by Gasteiger charge is -2.21. The Kier molecular flexibility index (Phi) is 5.78. The summed E-state index contributed by atoms with van der Waals surface area (Å²) in [5.41, 5.74) is 1.78. The third kappa shape index (κ3) is 4.51. The van der Waals surface area contributed by atoms with Crippen molar-refractivity contribution in [1.82, 2.24) is 0 Å². The summed E-state index contributed by atoms with van der Waals surface area (Å²) in [6, 6.07) is 11.6. The van der Waals surface area contributed by atoms with E-state index in [4.69, 9.17) is 9.47 Å². The maximum absolute atomic E-state index is 12.9. The predicted molar refractivity (Wildman–Crippen MR) is 109 cm³/mol. The number of carbonyl (C=O) groups excluding carboxylic acids is 2. The summed E-state index contributed by atoms with van der Waals surface area (Å²) in [6.07, 6.45) is 0.327. The minimum absolute atomic E-state index is 0.0893. The molecule has 0 aliphatic carbocycles. The zero-order chi connectivity index (χ0) is 21.2. The highest BCUT2D eigenvalue weighted by Crippen LogP contribution is 2.35. The van der Waals surface area contributed by atoms with Crippen LogP contribution in [0.5, 0.6) is 5.75 Å². The van der Waals surface area contributed by atoms with Crippen LogP contribution in [0.2, 0.25) is 0 Å². The second-order valence-electron chi connectivity index (χ2n) is 6.73. The fourth-order valence-electron chi connectivity index (χ4n) is 3.11. The molecule has 154 valence electrons. The van der Waals surface area contributed by atoms with Crippen LogP contribution in [0, 0.1) is 6.92 Å². The average Bonchev–Trinajstić information content (AvgIpc) is 2.87. The van der Waals surface area contributed by atoms with Crippen LogP contribution in [-0.2, 0) is 19.6 Å². The van der Waals surface area contributed by atoms with Gasteiger partial charge in [0.25, 0.3) is 5.91 Å². The number of nitrogens with one attached hydrogen (secondary N) is 1. The van der Waals surface area contributed by atoms with Gasteiger partial charge in [-0.2, -0.15) is 0 Å². The lowest BCUT2D eigenvalue weighted by molar-refractivity contribution is -0.122. The Morgan fingerprint density at radius 2 is 1.93 bits per heavy atom. The maximum Gasteiger partial charge on any atom is 0.339 e. The molecule has 0 spiro atoms. The highest BCUT2D eigenvalue weighted by Gasteiger charge is 2.31. The van der Waals surface area contributed by atoms with Crippen LogP contribution < -0.4 is 14.4 Å². The third-order valence-electron chi connectivity index (χ3n) is 4.53. The lowest BCUT2D eigenvalue weighted by Crippen LogP contribution is -2.36.